The van der Waals surface area contributed by atoms with Crippen LogP contribution in [0.4, 0.5) is 5.69 Å². The van der Waals surface area contributed by atoms with Gasteiger partial charge < -0.3 is 14.8 Å². The molecule has 0 radical (unpaired) electrons. The number of benzene rings is 2. The predicted molar refractivity (Wildman–Crippen MR) is 102 cm³/mol. The van der Waals surface area contributed by atoms with Gasteiger partial charge in [0, 0.05) is 5.92 Å². The summed E-state index contributed by atoms with van der Waals surface area (Å²) in [5.74, 6) is -0.0954. The van der Waals surface area contributed by atoms with Crippen LogP contribution in [0, 0.1) is 5.92 Å². The zero-order valence-corrected chi connectivity index (χ0v) is 15.3. The molecule has 2 aromatic carbocycles. The Hall–Kier alpha value is -3.08. The minimum absolute atomic E-state index is 0.0370. The Bertz CT molecular complexity index is 916. The largest absolute Gasteiger partial charge is 0.465 e. The number of para-hydroxylation sites is 1. The van der Waals surface area contributed by atoms with Crippen LogP contribution in [-0.4, -0.2) is 26.2 Å². The summed E-state index contributed by atoms with van der Waals surface area (Å²) in [6, 6.07) is 13.3. The first kappa shape index (κ1) is 17.3. The third kappa shape index (κ3) is 2.89. The van der Waals surface area contributed by atoms with Gasteiger partial charge in [-0.1, -0.05) is 36.4 Å². The van der Waals surface area contributed by atoms with E-state index >= 15 is 0 Å². The lowest BCUT2D eigenvalue weighted by Gasteiger charge is -2.38. The minimum atomic E-state index is -0.350. The van der Waals surface area contributed by atoms with E-state index in [2.05, 4.69) is 23.5 Å². The van der Waals surface area contributed by atoms with Gasteiger partial charge in [0.1, 0.15) is 0 Å². The van der Waals surface area contributed by atoms with Crippen molar-refractivity contribution < 1.29 is 19.1 Å². The number of anilines is 1. The summed E-state index contributed by atoms with van der Waals surface area (Å²) in [5.41, 5.74) is 4.10. The van der Waals surface area contributed by atoms with Crippen molar-refractivity contribution in [2.75, 3.05) is 19.5 Å². The van der Waals surface area contributed by atoms with Crippen molar-refractivity contribution in [2.24, 2.45) is 5.92 Å². The molecular weight excluding hydrogens is 342 g/mol. The van der Waals surface area contributed by atoms with Gasteiger partial charge in [0.15, 0.2) is 0 Å². The molecule has 0 unspecified atom stereocenters. The highest BCUT2D eigenvalue weighted by Gasteiger charge is 2.39. The number of allylic oxidation sites excluding steroid dienone is 2. The Morgan fingerprint density at radius 1 is 1.00 bits per heavy atom. The summed E-state index contributed by atoms with van der Waals surface area (Å²) in [7, 11) is 2.77. The van der Waals surface area contributed by atoms with E-state index in [1.807, 2.05) is 18.2 Å². The molecule has 5 nitrogen and oxygen atoms in total. The molecule has 1 aliphatic heterocycles. The predicted octanol–water partition coefficient (Wildman–Crippen LogP) is 4.09. The monoisotopic (exact) mass is 363 g/mol. The number of rotatable bonds is 3. The lowest BCUT2D eigenvalue weighted by molar-refractivity contribution is 0.0592. The number of nitrogens with one attached hydrogen (secondary N) is 1. The van der Waals surface area contributed by atoms with E-state index < -0.39 is 0 Å². The van der Waals surface area contributed by atoms with Crippen LogP contribution in [0.15, 0.2) is 54.6 Å². The lowest BCUT2D eigenvalue weighted by Crippen LogP contribution is -2.30. The summed E-state index contributed by atoms with van der Waals surface area (Å²) >= 11 is 0. The number of carbonyl (C=O) groups is 2. The molecule has 0 aromatic heterocycles. The second-order valence-electron chi connectivity index (χ2n) is 6.85. The van der Waals surface area contributed by atoms with Gasteiger partial charge in [0.25, 0.3) is 0 Å². The molecule has 1 aliphatic carbocycles. The summed E-state index contributed by atoms with van der Waals surface area (Å²) < 4.78 is 9.74. The normalized spacial score (nSPS) is 22.4. The Labute approximate surface area is 158 Å². The van der Waals surface area contributed by atoms with E-state index in [-0.39, 0.29) is 23.9 Å². The van der Waals surface area contributed by atoms with Crippen molar-refractivity contribution in [3.05, 3.63) is 76.9 Å². The fraction of sp³-hybridized carbons (Fsp3) is 0.273. The van der Waals surface area contributed by atoms with Crippen molar-refractivity contribution in [1.29, 1.82) is 0 Å². The van der Waals surface area contributed by atoms with E-state index in [1.54, 1.807) is 18.2 Å². The molecule has 0 bridgehead atoms. The molecule has 0 saturated carbocycles. The maximum Gasteiger partial charge on any atom is 0.339 e. The topological polar surface area (TPSA) is 64.6 Å². The van der Waals surface area contributed by atoms with Crippen LogP contribution in [0.3, 0.4) is 0 Å². The first-order chi connectivity index (χ1) is 13.1. The highest BCUT2D eigenvalue weighted by Crippen LogP contribution is 2.50. The number of methoxy groups -OCH3 is 2. The SMILES string of the molecule is COC(=O)c1ccc([C@@H]2Nc3c(C(=O)OC)cccc3[C@@H]3C=CC[C@@H]32)cc1. The third-order valence-corrected chi connectivity index (χ3v) is 5.49. The summed E-state index contributed by atoms with van der Waals surface area (Å²) in [6.07, 6.45) is 5.39. The highest BCUT2D eigenvalue weighted by molar-refractivity contribution is 5.97. The summed E-state index contributed by atoms with van der Waals surface area (Å²) in [5, 5.41) is 3.57. The van der Waals surface area contributed by atoms with Crippen LogP contribution >= 0.6 is 0 Å². The molecule has 27 heavy (non-hydrogen) atoms. The smallest absolute Gasteiger partial charge is 0.339 e. The van der Waals surface area contributed by atoms with Crippen molar-refractivity contribution in [2.45, 2.75) is 18.4 Å². The fourth-order valence-corrected chi connectivity index (χ4v) is 4.18. The van der Waals surface area contributed by atoms with Gasteiger partial charge >= 0.3 is 11.9 Å². The number of hydrogen-bond acceptors (Lipinski definition) is 5. The molecule has 0 fully saturated rings. The van der Waals surface area contributed by atoms with Gasteiger partial charge in [-0.15, -0.1) is 0 Å². The fourth-order valence-electron chi connectivity index (χ4n) is 4.18. The Balaban J connectivity index is 1.74. The van der Waals surface area contributed by atoms with E-state index in [4.69, 9.17) is 9.47 Å². The standard InChI is InChI=1S/C22H21NO4/c1-26-21(24)14-11-9-13(10-12-14)19-16-6-3-5-15(16)17-7-4-8-18(20(17)23-19)22(25)27-2/h3-5,7-12,15-16,19,23H,6H2,1-2H3/t15-,16+,19+/m1/s1. The highest BCUT2D eigenvalue weighted by atomic mass is 16.5. The molecule has 2 aromatic rings. The van der Waals surface area contributed by atoms with Crippen LogP contribution in [0.5, 0.6) is 0 Å². The summed E-state index contributed by atoms with van der Waals surface area (Å²) in [4.78, 5) is 23.9. The van der Waals surface area contributed by atoms with Gasteiger partial charge in [-0.05, 0) is 41.7 Å². The Morgan fingerprint density at radius 3 is 2.44 bits per heavy atom. The maximum absolute atomic E-state index is 12.2. The van der Waals surface area contributed by atoms with Crippen LogP contribution in [-0.2, 0) is 9.47 Å². The summed E-state index contributed by atoms with van der Waals surface area (Å²) in [6.45, 7) is 0. The third-order valence-electron chi connectivity index (χ3n) is 5.49. The first-order valence-corrected chi connectivity index (χ1v) is 8.96. The zero-order chi connectivity index (χ0) is 19.0. The zero-order valence-electron chi connectivity index (χ0n) is 15.3. The number of hydrogen-bond donors (Lipinski definition) is 1. The Kier molecular flexibility index (Phi) is 4.44. The molecular formula is C22H21NO4. The molecule has 3 atom stereocenters. The first-order valence-electron chi connectivity index (χ1n) is 8.96. The van der Waals surface area contributed by atoms with Crippen LogP contribution < -0.4 is 5.32 Å². The number of carbonyl (C=O) groups excluding carboxylic acids is 2. The van der Waals surface area contributed by atoms with Gasteiger partial charge in [0.2, 0.25) is 0 Å². The number of esters is 2. The molecule has 138 valence electrons. The number of fused-ring (bicyclic) bond motifs is 3. The van der Waals surface area contributed by atoms with Crippen LogP contribution in [0.25, 0.3) is 0 Å². The molecule has 0 amide bonds. The van der Waals surface area contributed by atoms with E-state index in [1.165, 1.54) is 14.2 Å². The van der Waals surface area contributed by atoms with Gasteiger partial charge in [-0.3, -0.25) is 0 Å². The van der Waals surface area contributed by atoms with Crippen molar-refractivity contribution >= 4 is 17.6 Å². The second-order valence-corrected chi connectivity index (χ2v) is 6.85. The molecule has 4 rings (SSSR count). The number of ether oxygens (including phenoxy) is 2. The van der Waals surface area contributed by atoms with E-state index in [0.717, 1.165) is 23.2 Å². The Morgan fingerprint density at radius 2 is 1.74 bits per heavy atom. The molecule has 0 saturated heterocycles. The van der Waals surface area contributed by atoms with Gasteiger partial charge in [0.05, 0.1) is 37.1 Å². The average Bonchev–Trinajstić information content (AvgIpc) is 3.22. The van der Waals surface area contributed by atoms with Crippen molar-refractivity contribution in [3.8, 4) is 0 Å². The van der Waals surface area contributed by atoms with E-state index in [0.29, 0.717) is 17.0 Å². The van der Waals surface area contributed by atoms with E-state index in [9.17, 15) is 9.59 Å². The molecule has 0 spiro atoms. The van der Waals surface area contributed by atoms with Crippen molar-refractivity contribution in [1.82, 2.24) is 0 Å². The van der Waals surface area contributed by atoms with Crippen molar-refractivity contribution in [3.63, 3.8) is 0 Å². The molecule has 1 heterocycles. The van der Waals surface area contributed by atoms with Crippen LogP contribution in [0.2, 0.25) is 0 Å². The maximum atomic E-state index is 12.2. The molecule has 2 aliphatic rings. The average molecular weight is 363 g/mol. The lowest BCUT2D eigenvalue weighted by atomic mass is 9.76. The quantitative estimate of drug-likeness (QED) is 0.657. The minimum Gasteiger partial charge on any atom is -0.465 e. The molecule has 5 heteroatoms. The van der Waals surface area contributed by atoms with Crippen LogP contribution in [0.1, 0.15) is 50.2 Å². The van der Waals surface area contributed by atoms with Gasteiger partial charge in [-0.2, -0.15) is 0 Å². The van der Waals surface area contributed by atoms with Gasteiger partial charge in [-0.25, -0.2) is 9.59 Å². The molecule has 1 N–H and O–H groups in total. The second kappa shape index (κ2) is 6.91.